The zero-order chi connectivity index (χ0) is 23.3. The van der Waals surface area contributed by atoms with Gasteiger partial charge >= 0.3 is 0 Å². The highest BCUT2D eigenvalue weighted by Gasteiger charge is 2.35. The van der Waals surface area contributed by atoms with Crippen LogP contribution in [0.2, 0.25) is 0 Å². The molecule has 1 aromatic heterocycles. The Bertz CT molecular complexity index is 1410. The summed E-state index contributed by atoms with van der Waals surface area (Å²) in [7, 11) is 0. The molecular weight excluding hydrogens is 438 g/mol. The van der Waals surface area contributed by atoms with Gasteiger partial charge in [0.1, 0.15) is 11.4 Å². The molecule has 7 heteroatoms. The molecule has 0 aliphatic carbocycles. The minimum absolute atomic E-state index is 0.0271. The number of fused-ring (bicyclic) bond motifs is 4. The van der Waals surface area contributed by atoms with Gasteiger partial charge in [-0.2, -0.15) is 0 Å². The van der Waals surface area contributed by atoms with Crippen LogP contribution in [-0.2, 0) is 4.79 Å². The van der Waals surface area contributed by atoms with Crippen molar-refractivity contribution < 1.29 is 14.7 Å². The first-order valence-corrected chi connectivity index (χ1v) is 11.5. The number of carbonyl (C=O) groups is 2. The Kier molecular flexibility index (Phi) is 5.25. The lowest BCUT2D eigenvalue weighted by molar-refractivity contribution is -0.116. The maximum Gasteiger partial charge on any atom is 0.274 e. The first-order valence-electron chi connectivity index (χ1n) is 11.0. The highest BCUT2D eigenvalue weighted by molar-refractivity contribution is 6.19. The van der Waals surface area contributed by atoms with Crippen LogP contribution in [-0.4, -0.2) is 40.9 Å². The molecule has 6 nitrogen and oxygen atoms in total. The number of aromatic hydroxyl groups is 1. The normalized spacial score (nSPS) is 15.2. The van der Waals surface area contributed by atoms with Gasteiger partial charge < -0.3 is 19.9 Å². The Morgan fingerprint density at radius 1 is 1.15 bits per heavy atom. The van der Waals surface area contributed by atoms with Crippen LogP contribution >= 0.6 is 11.6 Å². The number of nitrogens with one attached hydrogen (secondary N) is 1. The van der Waals surface area contributed by atoms with Crippen LogP contribution in [0, 0.1) is 0 Å². The van der Waals surface area contributed by atoms with E-state index in [2.05, 4.69) is 4.98 Å². The van der Waals surface area contributed by atoms with E-state index < -0.39 is 0 Å². The van der Waals surface area contributed by atoms with Crippen LogP contribution in [0.15, 0.2) is 54.6 Å². The first-order chi connectivity index (χ1) is 15.9. The van der Waals surface area contributed by atoms with Crippen molar-refractivity contribution >= 4 is 56.5 Å². The molecule has 0 bridgehead atoms. The third-order valence-electron chi connectivity index (χ3n) is 6.42. The fraction of sp³-hybridized carbons (Fsp3) is 0.231. The number of phenolic OH excluding ortho intramolecular Hbond substituents is 1. The van der Waals surface area contributed by atoms with E-state index in [9.17, 15) is 14.7 Å². The number of amides is 2. The van der Waals surface area contributed by atoms with E-state index >= 15 is 0 Å². The maximum atomic E-state index is 13.6. The van der Waals surface area contributed by atoms with Crippen LogP contribution in [0.25, 0.3) is 21.7 Å². The molecule has 0 spiro atoms. The fourth-order valence-corrected chi connectivity index (χ4v) is 5.13. The minimum Gasteiger partial charge on any atom is -0.507 e. The lowest BCUT2D eigenvalue weighted by atomic mass is 9.95. The van der Waals surface area contributed by atoms with Gasteiger partial charge in [-0.1, -0.05) is 24.3 Å². The van der Waals surface area contributed by atoms with E-state index in [1.165, 1.54) is 6.92 Å². The molecule has 33 heavy (non-hydrogen) atoms. The van der Waals surface area contributed by atoms with Crippen molar-refractivity contribution in [3.8, 4) is 5.75 Å². The predicted octanol–water partition coefficient (Wildman–Crippen LogP) is 5.38. The lowest BCUT2D eigenvalue weighted by Gasteiger charge is -2.18. The average Bonchev–Trinajstić information content (AvgIpc) is 3.40. The number of phenols is 1. The molecule has 4 aromatic rings. The third-order valence-corrected chi connectivity index (χ3v) is 6.79. The molecule has 5 rings (SSSR count). The summed E-state index contributed by atoms with van der Waals surface area (Å²) in [6.45, 7) is 4.48. The van der Waals surface area contributed by atoms with Gasteiger partial charge in [-0.05, 0) is 42.1 Å². The third kappa shape index (κ3) is 3.42. The van der Waals surface area contributed by atoms with Crippen LogP contribution < -0.4 is 9.80 Å². The van der Waals surface area contributed by atoms with Gasteiger partial charge in [0.05, 0.1) is 5.69 Å². The summed E-state index contributed by atoms with van der Waals surface area (Å²) < 4.78 is 0. The number of hydrogen-bond acceptors (Lipinski definition) is 3. The molecule has 0 saturated heterocycles. The number of rotatable bonds is 4. The molecule has 2 amide bonds. The van der Waals surface area contributed by atoms with Gasteiger partial charge in [-0.25, -0.2) is 0 Å². The van der Waals surface area contributed by atoms with Crippen molar-refractivity contribution in [2.24, 2.45) is 0 Å². The van der Waals surface area contributed by atoms with Crippen molar-refractivity contribution in [1.29, 1.82) is 0 Å². The fourth-order valence-electron chi connectivity index (χ4n) is 4.88. The van der Waals surface area contributed by atoms with Crippen molar-refractivity contribution in [3.05, 3.63) is 65.9 Å². The van der Waals surface area contributed by atoms with Gasteiger partial charge in [0.2, 0.25) is 5.91 Å². The number of aromatic nitrogens is 1. The van der Waals surface area contributed by atoms with Crippen molar-refractivity contribution in [2.75, 3.05) is 28.8 Å². The van der Waals surface area contributed by atoms with Crippen molar-refractivity contribution in [2.45, 2.75) is 19.8 Å². The highest BCUT2D eigenvalue weighted by Crippen LogP contribution is 2.45. The standard InChI is InChI=1S/C26H24ClN3O3/c1-3-29(15(2)31)18-8-9-21-16(10-18)11-22(28-21)26(33)30-14-17(13-27)25-20-7-5-4-6-19(20)24(32)12-23(25)30/h4-12,17,28,32H,3,13-14H2,1-2H3/t17-/m1/s1. The number of benzene rings is 3. The van der Waals surface area contributed by atoms with E-state index in [0.29, 0.717) is 30.4 Å². The topological polar surface area (TPSA) is 76.6 Å². The highest BCUT2D eigenvalue weighted by atomic mass is 35.5. The van der Waals surface area contributed by atoms with Crippen LogP contribution in [0.4, 0.5) is 11.4 Å². The molecule has 1 atom stereocenters. The summed E-state index contributed by atoms with van der Waals surface area (Å²) in [5.74, 6) is 0.273. The van der Waals surface area contributed by atoms with E-state index in [0.717, 1.165) is 32.9 Å². The van der Waals surface area contributed by atoms with E-state index in [-0.39, 0.29) is 23.5 Å². The van der Waals surface area contributed by atoms with Crippen LogP contribution in [0.5, 0.6) is 5.75 Å². The second-order valence-electron chi connectivity index (χ2n) is 8.36. The Labute approximate surface area is 196 Å². The molecule has 168 valence electrons. The van der Waals surface area contributed by atoms with Gasteiger partial charge in [0.15, 0.2) is 0 Å². The molecule has 1 aliphatic heterocycles. The van der Waals surface area contributed by atoms with Gasteiger partial charge in [-0.3, -0.25) is 9.59 Å². The Morgan fingerprint density at radius 2 is 1.91 bits per heavy atom. The molecule has 1 aliphatic rings. The predicted molar refractivity (Wildman–Crippen MR) is 133 cm³/mol. The summed E-state index contributed by atoms with van der Waals surface area (Å²) in [6.07, 6.45) is 0. The molecule has 0 fully saturated rings. The summed E-state index contributed by atoms with van der Waals surface area (Å²) in [5.41, 5.74) is 3.74. The molecule has 0 unspecified atom stereocenters. The molecule has 2 heterocycles. The zero-order valence-electron chi connectivity index (χ0n) is 18.4. The van der Waals surface area contributed by atoms with Crippen molar-refractivity contribution in [3.63, 3.8) is 0 Å². The number of aromatic amines is 1. The largest absolute Gasteiger partial charge is 0.507 e. The number of H-pyrrole nitrogens is 1. The minimum atomic E-state index is -0.185. The summed E-state index contributed by atoms with van der Waals surface area (Å²) in [4.78, 5) is 32.1. The van der Waals surface area contributed by atoms with Crippen LogP contribution in [0.3, 0.4) is 0 Å². The number of alkyl halides is 1. The SMILES string of the molecule is CCN(C(C)=O)c1ccc2[nH]c(C(=O)N3C[C@@H](CCl)c4c3cc(O)c3ccccc43)cc2c1. The van der Waals surface area contributed by atoms with E-state index in [1.54, 1.807) is 15.9 Å². The number of hydrogen-bond donors (Lipinski definition) is 2. The molecule has 0 radical (unpaired) electrons. The average molecular weight is 462 g/mol. The van der Waals surface area contributed by atoms with Gasteiger partial charge in [0.25, 0.3) is 5.91 Å². The molecular formula is C26H24ClN3O3. The smallest absolute Gasteiger partial charge is 0.274 e. The second-order valence-corrected chi connectivity index (χ2v) is 8.67. The van der Waals surface area contributed by atoms with E-state index in [1.807, 2.05) is 55.5 Å². The molecule has 2 N–H and O–H groups in total. The summed E-state index contributed by atoms with van der Waals surface area (Å²) >= 11 is 6.30. The molecule has 3 aromatic carbocycles. The van der Waals surface area contributed by atoms with Crippen molar-refractivity contribution in [1.82, 2.24) is 4.98 Å². The van der Waals surface area contributed by atoms with Gasteiger partial charge in [-0.15, -0.1) is 11.6 Å². The van der Waals surface area contributed by atoms with Crippen LogP contribution in [0.1, 0.15) is 35.8 Å². The number of halogens is 1. The second kappa shape index (κ2) is 8.12. The number of carbonyl (C=O) groups excluding carboxylic acids is 2. The quantitative estimate of drug-likeness (QED) is 0.400. The zero-order valence-corrected chi connectivity index (χ0v) is 19.2. The monoisotopic (exact) mass is 461 g/mol. The number of anilines is 2. The Morgan fingerprint density at radius 3 is 2.61 bits per heavy atom. The Balaban J connectivity index is 1.56. The maximum absolute atomic E-state index is 13.6. The number of nitrogens with zero attached hydrogens (tertiary/aromatic N) is 2. The Hall–Kier alpha value is -3.51. The van der Waals surface area contributed by atoms with E-state index in [4.69, 9.17) is 11.6 Å². The summed E-state index contributed by atoms with van der Waals surface area (Å²) in [5, 5.41) is 13.1. The summed E-state index contributed by atoms with van der Waals surface area (Å²) in [6, 6.07) is 16.8. The lowest BCUT2D eigenvalue weighted by Crippen LogP contribution is -2.30. The molecule has 0 saturated carbocycles. The first kappa shape index (κ1) is 21.3. The van der Waals surface area contributed by atoms with Gasteiger partial charge in [0, 0.05) is 59.9 Å².